The smallest absolute Gasteiger partial charge is 0.284 e. The molecule has 1 aromatic heterocycles. The molecule has 1 amide bonds. The minimum Gasteiger partial charge on any atom is -0.454 e. The van der Waals surface area contributed by atoms with Gasteiger partial charge in [0.15, 0.2) is 17.3 Å². The summed E-state index contributed by atoms with van der Waals surface area (Å²) in [4.78, 5) is 13.2. The standard InChI is InChI=1S/C17H18ClN3O6S/c18-12-7-11(8-14-16(12)26-10-25-14)9-20-3-5-21(6-4-20)28(23,24)15-2-1-13(27-15)17(19)22/h1-2,7-8H,3-6,9-10H2,(H2,19,22). The molecule has 2 aliphatic rings. The Hall–Kier alpha value is -2.27. The lowest BCUT2D eigenvalue weighted by Crippen LogP contribution is -2.48. The lowest BCUT2D eigenvalue weighted by atomic mass is 10.1. The molecule has 9 nitrogen and oxygen atoms in total. The summed E-state index contributed by atoms with van der Waals surface area (Å²) in [5.41, 5.74) is 6.07. The SMILES string of the molecule is NC(=O)c1ccc(S(=O)(=O)N2CCN(Cc3cc(Cl)c4c(c3)OCO4)CC2)o1. The summed E-state index contributed by atoms with van der Waals surface area (Å²) >= 11 is 6.21. The van der Waals surface area contributed by atoms with E-state index in [2.05, 4.69) is 4.90 Å². The topological polar surface area (TPSA) is 115 Å². The van der Waals surface area contributed by atoms with E-state index in [1.165, 1.54) is 16.4 Å². The maximum atomic E-state index is 12.7. The number of furan rings is 1. The van der Waals surface area contributed by atoms with Crippen molar-refractivity contribution >= 4 is 27.5 Å². The van der Waals surface area contributed by atoms with Crippen molar-refractivity contribution in [1.82, 2.24) is 9.21 Å². The van der Waals surface area contributed by atoms with Crippen LogP contribution in [0.4, 0.5) is 0 Å². The Morgan fingerprint density at radius 2 is 1.89 bits per heavy atom. The van der Waals surface area contributed by atoms with Crippen molar-refractivity contribution in [2.24, 2.45) is 5.73 Å². The Balaban J connectivity index is 1.40. The van der Waals surface area contributed by atoms with E-state index < -0.39 is 15.9 Å². The van der Waals surface area contributed by atoms with Crippen LogP contribution in [0.15, 0.2) is 33.8 Å². The molecule has 0 atom stereocenters. The highest BCUT2D eigenvalue weighted by Gasteiger charge is 2.31. The number of hydrogen-bond acceptors (Lipinski definition) is 7. The number of fused-ring (bicyclic) bond motifs is 1. The monoisotopic (exact) mass is 427 g/mol. The first-order chi connectivity index (χ1) is 13.3. The minimum absolute atomic E-state index is 0.152. The second-order valence-corrected chi connectivity index (χ2v) is 8.75. The van der Waals surface area contributed by atoms with Crippen LogP contribution in [0.2, 0.25) is 5.02 Å². The Labute approximate surface area is 166 Å². The summed E-state index contributed by atoms with van der Waals surface area (Å²) in [7, 11) is -3.81. The van der Waals surface area contributed by atoms with Crippen LogP contribution < -0.4 is 15.2 Å². The van der Waals surface area contributed by atoms with Crippen molar-refractivity contribution in [2.75, 3.05) is 33.0 Å². The van der Waals surface area contributed by atoms with Crippen LogP contribution in [-0.4, -0.2) is 56.5 Å². The van der Waals surface area contributed by atoms with Gasteiger partial charge in [0.1, 0.15) is 0 Å². The Morgan fingerprint density at radius 3 is 2.57 bits per heavy atom. The highest BCUT2D eigenvalue weighted by atomic mass is 35.5. The van der Waals surface area contributed by atoms with Crippen LogP contribution in [0.3, 0.4) is 0 Å². The molecular formula is C17H18ClN3O6S. The molecule has 1 aromatic carbocycles. The molecule has 4 rings (SSSR count). The van der Waals surface area contributed by atoms with E-state index in [4.69, 9.17) is 31.2 Å². The van der Waals surface area contributed by atoms with Gasteiger partial charge in [0.05, 0.1) is 5.02 Å². The number of nitrogens with two attached hydrogens (primary N) is 1. The zero-order valence-corrected chi connectivity index (χ0v) is 16.3. The summed E-state index contributed by atoms with van der Waals surface area (Å²) in [5.74, 6) is 0.174. The third-order valence-electron chi connectivity index (χ3n) is 4.64. The number of ether oxygens (including phenoxy) is 2. The molecule has 0 bridgehead atoms. The van der Waals surface area contributed by atoms with Gasteiger partial charge in [0.2, 0.25) is 11.9 Å². The van der Waals surface area contributed by atoms with Gasteiger partial charge in [-0.2, -0.15) is 4.31 Å². The van der Waals surface area contributed by atoms with E-state index >= 15 is 0 Å². The van der Waals surface area contributed by atoms with Crippen LogP contribution >= 0.6 is 11.6 Å². The lowest BCUT2D eigenvalue weighted by molar-refractivity contribution is 0.0968. The third kappa shape index (κ3) is 3.55. The van der Waals surface area contributed by atoms with Gasteiger partial charge in [-0.05, 0) is 29.8 Å². The van der Waals surface area contributed by atoms with E-state index in [0.29, 0.717) is 49.2 Å². The van der Waals surface area contributed by atoms with Gasteiger partial charge in [-0.3, -0.25) is 9.69 Å². The highest BCUT2D eigenvalue weighted by Crippen LogP contribution is 2.40. The van der Waals surface area contributed by atoms with Crippen molar-refractivity contribution in [3.05, 3.63) is 40.6 Å². The largest absolute Gasteiger partial charge is 0.454 e. The molecule has 0 aliphatic carbocycles. The second-order valence-electron chi connectivity index (χ2n) is 6.47. The first-order valence-corrected chi connectivity index (χ1v) is 10.4. The second kappa shape index (κ2) is 7.28. The number of piperazine rings is 1. The van der Waals surface area contributed by atoms with Crippen molar-refractivity contribution in [2.45, 2.75) is 11.6 Å². The Morgan fingerprint density at radius 1 is 1.14 bits per heavy atom. The molecule has 2 aliphatic heterocycles. The molecule has 28 heavy (non-hydrogen) atoms. The number of amides is 1. The molecule has 1 fully saturated rings. The van der Waals surface area contributed by atoms with E-state index in [-0.39, 0.29) is 17.6 Å². The van der Waals surface area contributed by atoms with Crippen LogP contribution in [0.25, 0.3) is 0 Å². The number of nitrogens with zero attached hydrogens (tertiary/aromatic N) is 2. The Bertz CT molecular complexity index is 1010. The molecule has 1 saturated heterocycles. The van der Waals surface area contributed by atoms with Gasteiger partial charge in [-0.15, -0.1) is 0 Å². The molecule has 3 heterocycles. The number of halogens is 1. The molecule has 0 radical (unpaired) electrons. The average Bonchev–Trinajstić information content (AvgIpc) is 3.32. The number of carbonyl (C=O) groups is 1. The Kier molecular flexibility index (Phi) is 4.96. The van der Waals surface area contributed by atoms with Crippen molar-refractivity contribution in [3.63, 3.8) is 0 Å². The first-order valence-electron chi connectivity index (χ1n) is 8.55. The van der Waals surface area contributed by atoms with Crippen LogP contribution in [0, 0.1) is 0 Å². The van der Waals surface area contributed by atoms with Gasteiger partial charge < -0.3 is 19.6 Å². The molecule has 0 spiro atoms. The lowest BCUT2D eigenvalue weighted by Gasteiger charge is -2.33. The highest BCUT2D eigenvalue weighted by molar-refractivity contribution is 7.89. The van der Waals surface area contributed by atoms with E-state index in [9.17, 15) is 13.2 Å². The number of rotatable bonds is 5. The molecule has 0 unspecified atom stereocenters. The van der Waals surface area contributed by atoms with Crippen LogP contribution in [-0.2, 0) is 16.6 Å². The first kappa shape index (κ1) is 19.1. The molecular weight excluding hydrogens is 410 g/mol. The molecule has 2 aromatic rings. The molecule has 11 heteroatoms. The maximum Gasteiger partial charge on any atom is 0.284 e. The minimum atomic E-state index is -3.81. The van der Waals surface area contributed by atoms with Gasteiger partial charge in [0.25, 0.3) is 15.9 Å². The van der Waals surface area contributed by atoms with Gasteiger partial charge in [0, 0.05) is 32.7 Å². The maximum absolute atomic E-state index is 12.7. The number of hydrogen-bond donors (Lipinski definition) is 1. The summed E-state index contributed by atoms with van der Waals surface area (Å²) in [6.45, 7) is 2.43. The fraction of sp³-hybridized carbons (Fsp3) is 0.353. The number of sulfonamides is 1. The molecule has 2 N–H and O–H groups in total. The summed E-state index contributed by atoms with van der Waals surface area (Å²) < 4.78 is 42.5. The van der Waals surface area contributed by atoms with Crippen molar-refractivity contribution in [3.8, 4) is 11.5 Å². The summed E-state index contributed by atoms with van der Waals surface area (Å²) in [5, 5.41) is 0.214. The van der Waals surface area contributed by atoms with Gasteiger partial charge in [-0.25, -0.2) is 8.42 Å². The zero-order chi connectivity index (χ0) is 19.9. The van der Waals surface area contributed by atoms with Crippen LogP contribution in [0.5, 0.6) is 11.5 Å². The predicted octanol–water partition coefficient (Wildman–Crippen LogP) is 1.27. The van der Waals surface area contributed by atoms with Crippen molar-refractivity contribution in [1.29, 1.82) is 0 Å². The van der Waals surface area contributed by atoms with E-state index in [0.717, 1.165) is 5.56 Å². The van der Waals surface area contributed by atoms with E-state index in [1.807, 2.05) is 12.1 Å². The predicted molar refractivity (Wildman–Crippen MR) is 98.8 cm³/mol. The fourth-order valence-electron chi connectivity index (χ4n) is 3.22. The van der Waals surface area contributed by atoms with Crippen molar-refractivity contribution < 1.29 is 27.1 Å². The van der Waals surface area contributed by atoms with E-state index in [1.54, 1.807) is 0 Å². The quantitative estimate of drug-likeness (QED) is 0.763. The summed E-state index contributed by atoms with van der Waals surface area (Å²) in [6.07, 6.45) is 0. The van der Waals surface area contributed by atoms with Gasteiger partial charge >= 0.3 is 0 Å². The normalized spacial score (nSPS) is 17.8. The summed E-state index contributed by atoms with van der Waals surface area (Å²) in [6, 6.07) is 6.21. The van der Waals surface area contributed by atoms with Crippen LogP contribution in [0.1, 0.15) is 16.1 Å². The number of carbonyl (C=O) groups excluding carboxylic acids is 1. The molecule has 150 valence electrons. The molecule has 0 saturated carbocycles. The number of benzene rings is 1. The third-order valence-corrected chi connectivity index (χ3v) is 6.70. The number of primary amides is 1. The zero-order valence-electron chi connectivity index (χ0n) is 14.8. The average molecular weight is 428 g/mol. The fourth-order valence-corrected chi connectivity index (χ4v) is 4.84. The van der Waals surface area contributed by atoms with Gasteiger partial charge in [-0.1, -0.05) is 11.6 Å².